The summed E-state index contributed by atoms with van der Waals surface area (Å²) in [5.74, 6) is 0. The summed E-state index contributed by atoms with van der Waals surface area (Å²) < 4.78 is 1.90. The third-order valence-electron chi connectivity index (χ3n) is 2.57. The third-order valence-corrected chi connectivity index (χ3v) is 2.91. The van der Waals surface area contributed by atoms with Gasteiger partial charge in [0.2, 0.25) is 0 Å². The maximum atomic E-state index is 10.2. The molecule has 0 aliphatic carbocycles. The van der Waals surface area contributed by atoms with Crippen molar-refractivity contribution in [3.05, 3.63) is 53.1 Å². The van der Waals surface area contributed by atoms with E-state index in [0.29, 0.717) is 10.6 Å². The molecule has 0 saturated carbocycles. The Kier molecular flexibility index (Phi) is 3.27. The van der Waals surface area contributed by atoms with Gasteiger partial charge in [0.1, 0.15) is 6.10 Å². The van der Waals surface area contributed by atoms with E-state index in [1.165, 1.54) is 0 Å². The van der Waals surface area contributed by atoms with Crippen LogP contribution >= 0.6 is 11.6 Å². The molecule has 84 valence electrons. The van der Waals surface area contributed by atoms with Crippen LogP contribution < -0.4 is 0 Å². The summed E-state index contributed by atoms with van der Waals surface area (Å²) >= 11 is 6.04. The summed E-state index contributed by atoms with van der Waals surface area (Å²) in [6, 6.07) is 7.29. The van der Waals surface area contributed by atoms with Crippen molar-refractivity contribution in [1.82, 2.24) is 9.55 Å². The lowest BCUT2D eigenvalue weighted by Crippen LogP contribution is -2.07. The number of aryl methyl sites for hydroxylation is 1. The Morgan fingerprint density at radius 1 is 1.44 bits per heavy atom. The van der Waals surface area contributed by atoms with Crippen LogP contribution in [0, 0.1) is 0 Å². The lowest BCUT2D eigenvalue weighted by atomic mass is 10.1. The lowest BCUT2D eigenvalue weighted by molar-refractivity contribution is 0.210. The lowest BCUT2D eigenvalue weighted by Gasteiger charge is -2.14. The minimum absolute atomic E-state index is 0.568. The summed E-state index contributed by atoms with van der Waals surface area (Å²) in [5.41, 5.74) is 1.47. The molecule has 4 heteroatoms. The Morgan fingerprint density at radius 2 is 2.19 bits per heavy atom. The molecule has 0 spiro atoms. The highest BCUT2D eigenvalue weighted by Gasteiger charge is 2.16. The van der Waals surface area contributed by atoms with E-state index in [1.54, 1.807) is 18.6 Å². The van der Waals surface area contributed by atoms with Gasteiger partial charge in [0, 0.05) is 17.1 Å². The van der Waals surface area contributed by atoms with Crippen LogP contribution in [0.25, 0.3) is 0 Å². The number of benzene rings is 1. The normalized spacial score (nSPS) is 12.7. The smallest absolute Gasteiger partial charge is 0.122 e. The van der Waals surface area contributed by atoms with Crippen LogP contribution in [0.2, 0.25) is 5.02 Å². The van der Waals surface area contributed by atoms with Crippen molar-refractivity contribution in [2.75, 3.05) is 0 Å². The summed E-state index contributed by atoms with van der Waals surface area (Å²) in [6.07, 6.45) is 2.64. The first-order chi connectivity index (χ1) is 7.74. The second-order valence-corrected chi connectivity index (χ2v) is 3.94. The summed E-state index contributed by atoms with van der Waals surface area (Å²) in [6.45, 7) is 2.78. The largest absolute Gasteiger partial charge is 0.382 e. The Balaban J connectivity index is 2.39. The maximum Gasteiger partial charge on any atom is 0.122 e. The molecule has 2 rings (SSSR count). The van der Waals surface area contributed by atoms with E-state index < -0.39 is 6.10 Å². The van der Waals surface area contributed by atoms with Crippen LogP contribution in [0.15, 0.2) is 36.8 Å². The van der Waals surface area contributed by atoms with Crippen molar-refractivity contribution >= 4 is 11.6 Å². The van der Waals surface area contributed by atoms with Gasteiger partial charge in [-0.1, -0.05) is 29.8 Å². The van der Waals surface area contributed by atoms with Crippen LogP contribution in [0.1, 0.15) is 24.3 Å². The molecule has 0 aliphatic rings. The Hall–Kier alpha value is -1.32. The number of hydrogen-bond acceptors (Lipinski definition) is 2. The van der Waals surface area contributed by atoms with E-state index in [9.17, 15) is 5.11 Å². The van der Waals surface area contributed by atoms with Gasteiger partial charge in [-0.15, -0.1) is 0 Å². The number of hydrogen-bond donors (Lipinski definition) is 1. The van der Waals surface area contributed by atoms with Crippen LogP contribution in [0.3, 0.4) is 0 Å². The predicted molar refractivity (Wildman–Crippen MR) is 63.4 cm³/mol. The van der Waals surface area contributed by atoms with Gasteiger partial charge in [-0.05, 0) is 13.0 Å². The number of halogens is 1. The van der Waals surface area contributed by atoms with Crippen molar-refractivity contribution in [2.45, 2.75) is 19.6 Å². The maximum absolute atomic E-state index is 10.2. The fourth-order valence-corrected chi connectivity index (χ4v) is 1.92. The van der Waals surface area contributed by atoms with Crippen molar-refractivity contribution in [1.29, 1.82) is 0 Å². The highest BCUT2D eigenvalue weighted by molar-refractivity contribution is 6.31. The van der Waals surface area contributed by atoms with Crippen LogP contribution in [-0.2, 0) is 6.54 Å². The van der Waals surface area contributed by atoms with E-state index in [4.69, 9.17) is 11.6 Å². The molecule has 1 N–H and O–H groups in total. The predicted octanol–water partition coefficient (Wildman–Crippen LogP) is 2.64. The number of aliphatic hydroxyl groups is 1. The van der Waals surface area contributed by atoms with E-state index in [2.05, 4.69) is 4.98 Å². The van der Waals surface area contributed by atoms with Gasteiger partial charge in [0.25, 0.3) is 0 Å². The number of aromatic nitrogens is 2. The number of imidazole rings is 1. The number of aliphatic hydroxyl groups excluding tert-OH is 1. The van der Waals surface area contributed by atoms with Crippen molar-refractivity contribution < 1.29 is 5.11 Å². The summed E-state index contributed by atoms with van der Waals surface area (Å²) in [4.78, 5) is 4.03. The molecule has 0 aliphatic heterocycles. The zero-order chi connectivity index (χ0) is 11.5. The zero-order valence-corrected chi connectivity index (χ0v) is 9.72. The average molecular weight is 237 g/mol. The van der Waals surface area contributed by atoms with Gasteiger partial charge in [-0.25, -0.2) is 4.98 Å². The van der Waals surface area contributed by atoms with Gasteiger partial charge < -0.3 is 9.67 Å². The topological polar surface area (TPSA) is 38.0 Å². The standard InChI is InChI=1S/C12H13ClN2O/c1-2-15-8-14-7-11(15)12(16)9-5-3-4-6-10(9)13/h3-8,12,16H,2H2,1H3. The van der Waals surface area contributed by atoms with E-state index in [1.807, 2.05) is 29.7 Å². The summed E-state index contributed by atoms with van der Waals surface area (Å²) in [5, 5.41) is 10.8. The molecule has 1 heterocycles. The number of nitrogens with zero attached hydrogens (tertiary/aromatic N) is 2. The molecule has 16 heavy (non-hydrogen) atoms. The fraction of sp³-hybridized carbons (Fsp3) is 0.250. The van der Waals surface area contributed by atoms with E-state index >= 15 is 0 Å². The average Bonchev–Trinajstić information content (AvgIpc) is 2.77. The van der Waals surface area contributed by atoms with E-state index in [0.717, 1.165) is 12.2 Å². The van der Waals surface area contributed by atoms with Gasteiger partial charge in [0.15, 0.2) is 0 Å². The van der Waals surface area contributed by atoms with Crippen molar-refractivity contribution in [3.63, 3.8) is 0 Å². The molecular formula is C12H13ClN2O. The second-order valence-electron chi connectivity index (χ2n) is 3.53. The molecular weight excluding hydrogens is 224 g/mol. The Morgan fingerprint density at radius 3 is 2.88 bits per heavy atom. The molecule has 0 amide bonds. The molecule has 0 radical (unpaired) electrons. The quantitative estimate of drug-likeness (QED) is 0.890. The molecule has 1 aromatic carbocycles. The molecule has 3 nitrogen and oxygen atoms in total. The van der Waals surface area contributed by atoms with Crippen LogP contribution in [0.5, 0.6) is 0 Å². The van der Waals surface area contributed by atoms with Crippen LogP contribution in [-0.4, -0.2) is 14.7 Å². The Bertz CT molecular complexity index is 481. The van der Waals surface area contributed by atoms with E-state index in [-0.39, 0.29) is 0 Å². The first-order valence-corrected chi connectivity index (χ1v) is 5.54. The molecule has 1 aromatic heterocycles. The molecule has 0 fully saturated rings. The van der Waals surface area contributed by atoms with Gasteiger partial charge in [-0.2, -0.15) is 0 Å². The highest BCUT2D eigenvalue weighted by Crippen LogP contribution is 2.27. The third kappa shape index (κ3) is 1.96. The molecule has 2 aromatic rings. The SMILES string of the molecule is CCn1cncc1C(O)c1ccccc1Cl. The molecule has 1 unspecified atom stereocenters. The molecule has 0 bridgehead atoms. The van der Waals surface area contributed by atoms with Gasteiger partial charge in [-0.3, -0.25) is 0 Å². The fourth-order valence-electron chi connectivity index (χ4n) is 1.68. The highest BCUT2D eigenvalue weighted by atomic mass is 35.5. The first-order valence-electron chi connectivity index (χ1n) is 5.16. The van der Waals surface area contributed by atoms with Gasteiger partial charge >= 0.3 is 0 Å². The van der Waals surface area contributed by atoms with Crippen molar-refractivity contribution in [3.8, 4) is 0 Å². The molecule has 0 saturated heterocycles. The monoisotopic (exact) mass is 236 g/mol. The minimum atomic E-state index is -0.726. The van der Waals surface area contributed by atoms with Crippen LogP contribution in [0.4, 0.5) is 0 Å². The second kappa shape index (κ2) is 4.68. The first kappa shape index (κ1) is 11.2. The van der Waals surface area contributed by atoms with Gasteiger partial charge in [0.05, 0.1) is 18.2 Å². The zero-order valence-electron chi connectivity index (χ0n) is 8.97. The minimum Gasteiger partial charge on any atom is -0.382 e. The Labute approximate surface area is 99.3 Å². The molecule has 1 atom stereocenters. The van der Waals surface area contributed by atoms with Crippen molar-refractivity contribution in [2.24, 2.45) is 0 Å². The number of rotatable bonds is 3. The summed E-state index contributed by atoms with van der Waals surface area (Å²) in [7, 11) is 0.